The molecular formula is C22H20FN3O4S. The summed E-state index contributed by atoms with van der Waals surface area (Å²) in [6.07, 6.45) is 0. The number of hydrogen-bond donors (Lipinski definition) is 3. The second kappa shape index (κ2) is 9.40. The number of halogens is 1. The molecule has 3 rings (SSSR count). The number of carbonyl (C=O) groups is 2. The molecule has 9 heteroatoms. The number of anilines is 2. The van der Waals surface area contributed by atoms with Gasteiger partial charge >= 0.3 is 0 Å². The lowest BCUT2D eigenvalue weighted by Crippen LogP contribution is -2.23. The maximum Gasteiger partial charge on any atom is 0.261 e. The van der Waals surface area contributed by atoms with E-state index in [0.29, 0.717) is 5.69 Å². The lowest BCUT2D eigenvalue weighted by Gasteiger charge is -2.10. The second-order valence-electron chi connectivity index (χ2n) is 6.70. The Morgan fingerprint density at radius 3 is 2.32 bits per heavy atom. The third-order valence-electron chi connectivity index (χ3n) is 4.20. The fourth-order valence-corrected chi connectivity index (χ4v) is 3.89. The predicted octanol–water partition coefficient (Wildman–Crippen LogP) is 3.51. The van der Waals surface area contributed by atoms with E-state index in [-0.39, 0.29) is 28.6 Å². The Balaban J connectivity index is 1.70. The van der Waals surface area contributed by atoms with Gasteiger partial charge in [-0.2, -0.15) is 0 Å². The first-order chi connectivity index (χ1) is 14.7. The van der Waals surface area contributed by atoms with Crippen LogP contribution < -0.4 is 15.4 Å². The van der Waals surface area contributed by atoms with E-state index in [1.807, 2.05) is 0 Å². The molecule has 7 nitrogen and oxygen atoms in total. The van der Waals surface area contributed by atoms with Crippen LogP contribution in [-0.2, 0) is 21.4 Å². The van der Waals surface area contributed by atoms with Gasteiger partial charge in [0.1, 0.15) is 5.82 Å². The third kappa shape index (κ3) is 6.13. The molecule has 3 N–H and O–H groups in total. The molecule has 160 valence electrons. The van der Waals surface area contributed by atoms with Gasteiger partial charge in [-0.3, -0.25) is 14.3 Å². The molecular weight excluding hydrogens is 421 g/mol. The van der Waals surface area contributed by atoms with Crippen molar-refractivity contribution < 1.29 is 22.4 Å². The molecule has 31 heavy (non-hydrogen) atoms. The molecule has 0 aliphatic carbocycles. The smallest absolute Gasteiger partial charge is 0.261 e. The summed E-state index contributed by atoms with van der Waals surface area (Å²) in [5, 5.41) is 5.39. The highest BCUT2D eigenvalue weighted by molar-refractivity contribution is 7.92. The molecule has 0 saturated heterocycles. The van der Waals surface area contributed by atoms with Crippen LogP contribution in [-0.4, -0.2) is 20.2 Å². The Labute approximate surface area is 179 Å². The van der Waals surface area contributed by atoms with Crippen molar-refractivity contribution in [2.75, 3.05) is 10.0 Å². The highest BCUT2D eigenvalue weighted by Gasteiger charge is 2.16. The quantitative estimate of drug-likeness (QED) is 0.522. The number of benzene rings is 3. The molecule has 0 unspecified atom stereocenters. The van der Waals surface area contributed by atoms with E-state index < -0.39 is 21.7 Å². The van der Waals surface area contributed by atoms with Crippen LogP contribution in [0.15, 0.2) is 77.7 Å². The number of amides is 2. The summed E-state index contributed by atoms with van der Waals surface area (Å²) in [4.78, 5) is 23.6. The maximum atomic E-state index is 13.0. The van der Waals surface area contributed by atoms with Gasteiger partial charge in [0, 0.05) is 30.4 Å². The van der Waals surface area contributed by atoms with Gasteiger partial charge in [-0.05, 0) is 60.2 Å². The van der Waals surface area contributed by atoms with Crippen molar-refractivity contribution in [3.63, 3.8) is 0 Å². The first kappa shape index (κ1) is 22.0. The molecule has 0 bridgehead atoms. The summed E-state index contributed by atoms with van der Waals surface area (Å²) in [6.45, 7) is 1.59. The Morgan fingerprint density at radius 2 is 1.61 bits per heavy atom. The number of nitrogens with one attached hydrogen (secondary N) is 3. The van der Waals surface area contributed by atoms with Crippen LogP contribution in [0.25, 0.3) is 0 Å². The van der Waals surface area contributed by atoms with Crippen LogP contribution in [0.5, 0.6) is 0 Å². The topological polar surface area (TPSA) is 104 Å². The highest BCUT2D eigenvalue weighted by Crippen LogP contribution is 2.18. The molecule has 0 saturated carbocycles. The largest absolute Gasteiger partial charge is 0.348 e. The minimum Gasteiger partial charge on any atom is -0.348 e. The second-order valence-corrected chi connectivity index (χ2v) is 8.39. The van der Waals surface area contributed by atoms with Gasteiger partial charge in [-0.25, -0.2) is 12.8 Å². The first-order valence-corrected chi connectivity index (χ1v) is 10.7. The minimum absolute atomic E-state index is 0.0999. The van der Waals surface area contributed by atoms with E-state index >= 15 is 0 Å². The molecule has 0 spiro atoms. The van der Waals surface area contributed by atoms with E-state index in [0.717, 1.165) is 17.7 Å². The summed E-state index contributed by atoms with van der Waals surface area (Å²) < 4.78 is 40.6. The Bertz CT molecular complexity index is 1210. The summed E-state index contributed by atoms with van der Waals surface area (Å²) >= 11 is 0. The van der Waals surface area contributed by atoms with Crippen molar-refractivity contribution in [2.45, 2.75) is 18.4 Å². The van der Waals surface area contributed by atoms with E-state index in [1.165, 1.54) is 43.3 Å². The summed E-state index contributed by atoms with van der Waals surface area (Å²) in [5.74, 6) is -1.14. The summed E-state index contributed by atoms with van der Waals surface area (Å²) in [6, 6.07) is 17.5. The van der Waals surface area contributed by atoms with Crippen molar-refractivity contribution in [1.29, 1.82) is 0 Å². The monoisotopic (exact) mass is 441 g/mol. The minimum atomic E-state index is -3.96. The third-order valence-corrected chi connectivity index (χ3v) is 5.58. The van der Waals surface area contributed by atoms with Gasteiger partial charge in [0.25, 0.3) is 15.9 Å². The zero-order chi connectivity index (χ0) is 22.4. The van der Waals surface area contributed by atoms with Gasteiger partial charge in [0.15, 0.2) is 0 Å². The first-order valence-electron chi connectivity index (χ1n) is 9.26. The lowest BCUT2D eigenvalue weighted by molar-refractivity contribution is -0.114. The molecule has 0 aromatic heterocycles. The molecule has 3 aromatic rings. The van der Waals surface area contributed by atoms with Crippen molar-refractivity contribution in [3.8, 4) is 0 Å². The van der Waals surface area contributed by atoms with E-state index in [1.54, 1.807) is 24.3 Å². The number of sulfonamides is 1. The maximum absolute atomic E-state index is 13.0. The van der Waals surface area contributed by atoms with Gasteiger partial charge in [0.2, 0.25) is 5.91 Å². The Hall–Kier alpha value is -3.72. The van der Waals surface area contributed by atoms with Crippen LogP contribution >= 0.6 is 0 Å². The predicted molar refractivity (Wildman–Crippen MR) is 116 cm³/mol. The molecule has 0 fully saturated rings. The van der Waals surface area contributed by atoms with Crippen LogP contribution in [0.1, 0.15) is 22.8 Å². The average Bonchev–Trinajstić information content (AvgIpc) is 2.73. The summed E-state index contributed by atoms with van der Waals surface area (Å²) in [7, 11) is -3.96. The molecule has 0 aliphatic rings. The lowest BCUT2D eigenvalue weighted by atomic mass is 10.1. The van der Waals surface area contributed by atoms with E-state index in [9.17, 15) is 22.4 Å². The Kier molecular flexibility index (Phi) is 6.66. The number of hydrogen-bond acceptors (Lipinski definition) is 4. The van der Waals surface area contributed by atoms with Gasteiger partial charge in [0.05, 0.1) is 4.90 Å². The standard InChI is InChI=1S/C22H20FN3O4S/c1-15(27)25-20-6-2-4-16(12-20)14-24-22(28)17-5-3-7-21(13-17)31(29,30)26-19-10-8-18(23)9-11-19/h2-13,26H,14H2,1H3,(H,24,28)(H,25,27). The molecule has 0 atom stereocenters. The van der Waals surface area contributed by atoms with Crippen LogP contribution in [0.4, 0.5) is 15.8 Å². The molecule has 0 aliphatic heterocycles. The van der Waals surface area contributed by atoms with Crippen LogP contribution in [0.2, 0.25) is 0 Å². The van der Waals surface area contributed by atoms with Crippen molar-refractivity contribution in [1.82, 2.24) is 5.32 Å². The van der Waals surface area contributed by atoms with E-state index in [2.05, 4.69) is 15.4 Å². The van der Waals surface area contributed by atoms with Gasteiger partial charge in [-0.1, -0.05) is 18.2 Å². The summed E-state index contributed by atoms with van der Waals surface area (Å²) in [5.41, 5.74) is 1.75. The van der Waals surface area contributed by atoms with Gasteiger partial charge < -0.3 is 10.6 Å². The molecule has 2 amide bonds. The van der Waals surface area contributed by atoms with Gasteiger partial charge in [-0.15, -0.1) is 0 Å². The highest BCUT2D eigenvalue weighted by atomic mass is 32.2. The average molecular weight is 441 g/mol. The fourth-order valence-electron chi connectivity index (χ4n) is 2.78. The molecule has 3 aromatic carbocycles. The molecule has 0 radical (unpaired) electrons. The van der Waals surface area contributed by atoms with Crippen molar-refractivity contribution in [3.05, 3.63) is 89.7 Å². The zero-order valence-electron chi connectivity index (χ0n) is 16.6. The van der Waals surface area contributed by atoms with Crippen LogP contribution in [0, 0.1) is 5.82 Å². The number of rotatable bonds is 7. The normalized spacial score (nSPS) is 10.9. The molecule has 0 heterocycles. The zero-order valence-corrected chi connectivity index (χ0v) is 17.4. The van der Waals surface area contributed by atoms with Crippen molar-refractivity contribution >= 4 is 33.2 Å². The number of carbonyl (C=O) groups excluding carboxylic acids is 2. The van der Waals surface area contributed by atoms with E-state index in [4.69, 9.17) is 0 Å². The SMILES string of the molecule is CC(=O)Nc1cccc(CNC(=O)c2cccc(S(=O)(=O)Nc3ccc(F)cc3)c2)c1. The fraction of sp³-hybridized carbons (Fsp3) is 0.0909. The Morgan fingerprint density at radius 1 is 0.903 bits per heavy atom. The van der Waals surface area contributed by atoms with Crippen LogP contribution in [0.3, 0.4) is 0 Å². The van der Waals surface area contributed by atoms with Crippen molar-refractivity contribution in [2.24, 2.45) is 0 Å².